The molecule has 3 rings (SSSR count). The predicted molar refractivity (Wildman–Crippen MR) is 89.2 cm³/mol. The molecule has 0 aliphatic carbocycles. The first-order chi connectivity index (χ1) is 11.7. The van der Waals surface area contributed by atoms with Gasteiger partial charge < -0.3 is 19.7 Å². The Morgan fingerprint density at radius 1 is 1.38 bits per heavy atom. The largest absolute Gasteiger partial charge is 0.481 e. The molecular weight excluding hydrogens is 308 g/mol. The lowest BCUT2D eigenvalue weighted by molar-refractivity contribution is -0.0246. The Bertz CT molecular complexity index is 705. The summed E-state index contributed by atoms with van der Waals surface area (Å²) in [5, 5.41) is 3.01. The van der Waals surface area contributed by atoms with Gasteiger partial charge in [-0.25, -0.2) is 9.97 Å². The zero-order valence-electron chi connectivity index (χ0n) is 13.7. The number of hydrogen-bond acceptors (Lipinski definition) is 6. The highest BCUT2D eigenvalue weighted by molar-refractivity contribution is 5.94. The van der Waals surface area contributed by atoms with Crippen LogP contribution in [0.15, 0.2) is 36.5 Å². The van der Waals surface area contributed by atoms with E-state index < -0.39 is 0 Å². The minimum Gasteiger partial charge on any atom is -0.481 e. The van der Waals surface area contributed by atoms with E-state index in [4.69, 9.17) is 9.47 Å². The zero-order valence-corrected chi connectivity index (χ0v) is 13.7. The Morgan fingerprint density at radius 2 is 2.25 bits per heavy atom. The summed E-state index contributed by atoms with van der Waals surface area (Å²) < 4.78 is 10.8. The molecular formula is C17H20N4O3. The number of methoxy groups -OCH3 is 1. The van der Waals surface area contributed by atoms with Crippen LogP contribution in [0.5, 0.6) is 5.88 Å². The standard InChI is InChI=1S/C17H20N4O3/c1-18-15-5-3-4-13(20-15)14-11-21(8-9-24-14)17(22)12-6-7-16(23-2)19-10-12/h3-7,10,14H,8-9,11H2,1-2H3,(H,18,20). The molecule has 24 heavy (non-hydrogen) atoms. The van der Waals surface area contributed by atoms with E-state index in [0.717, 1.165) is 11.5 Å². The van der Waals surface area contributed by atoms with E-state index in [9.17, 15) is 4.79 Å². The number of carbonyl (C=O) groups excluding carboxylic acids is 1. The average Bonchev–Trinajstić information content (AvgIpc) is 2.67. The minimum absolute atomic E-state index is 0.0665. The number of amides is 1. The minimum atomic E-state index is -0.234. The van der Waals surface area contributed by atoms with Gasteiger partial charge in [-0.2, -0.15) is 0 Å². The third kappa shape index (κ3) is 3.46. The van der Waals surface area contributed by atoms with Crippen molar-refractivity contribution in [3.63, 3.8) is 0 Å². The van der Waals surface area contributed by atoms with Crippen molar-refractivity contribution < 1.29 is 14.3 Å². The summed E-state index contributed by atoms with van der Waals surface area (Å²) in [6.07, 6.45) is 1.30. The van der Waals surface area contributed by atoms with E-state index in [-0.39, 0.29) is 12.0 Å². The SMILES string of the molecule is CNc1cccc(C2CN(C(=O)c3ccc(OC)nc3)CCO2)n1. The number of morpholine rings is 1. The summed E-state index contributed by atoms with van der Waals surface area (Å²) in [6.45, 7) is 1.49. The van der Waals surface area contributed by atoms with Crippen LogP contribution in [0.25, 0.3) is 0 Å². The number of rotatable bonds is 4. The third-order valence-corrected chi connectivity index (χ3v) is 3.90. The Balaban J connectivity index is 1.73. The maximum absolute atomic E-state index is 12.7. The van der Waals surface area contributed by atoms with Gasteiger partial charge >= 0.3 is 0 Å². The molecule has 7 nitrogen and oxygen atoms in total. The second-order valence-corrected chi connectivity index (χ2v) is 5.40. The smallest absolute Gasteiger partial charge is 0.255 e. The second-order valence-electron chi connectivity index (χ2n) is 5.40. The predicted octanol–water partition coefficient (Wildman–Crippen LogP) is 1.74. The Hall–Kier alpha value is -2.67. The molecule has 1 N–H and O–H groups in total. The first-order valence-corrected chi connectivity index (χ1v) is 7.77. The van der Waals surface area contributed by atoms with E-state index in [1.807, 2.05) is 25.2 Å². The highest BCUT2D eigenvalue weighted by Gasteiger charge is 2.27. The van der Waals surface area contributed by atoms with Gasteiger partial charge in [0.05, 0.1) is 31.5 Å². The summed E-state index contributed by atoms with van der Waals surface area (Å²) in [4.78, 5) is 23.0. The van der Waals surface area contributed by atoms with E-state index in [1.54, 1.807) is 24.1 Å². The zero-order chi connectivity index (χ0) is 16.9. The lowest BCUT2D eigenvalue weighted by Gasteiger charge is -2.32. The number of carbonyl (C=O) groups is 1. The molecule has 7 heteroatoms. The molecule has 1 atom stereocenters. The number of hydrogen-bond donors (Lipinski definition) is 1. The Kier molecular flexibility index (Phi) is 4.90. The van der Waals surface area contributed by atoms with Crippen LogP contribution in [0.3, 0.4) is 0 Å². The van der Waals surface area contributed by atoms with E-state index in [2.05, 4.69) is 15.3 Å². The van der Waals surface area contributed by atoms with Crippen LogP contribution in [0.4, 0.5) is 5.82 Å². The number of nitrogens with one attached hydrogen (secondary N) is 1. The maximum Gasteiger partial charge on any atom is 0.255 e. The number of pyridine rings is 2. The van der Waals surface area contributed by atoms with E-state index >= 15 is 0 Å². The van der Waals surface area contributed by atoms with Gasteiger partial charge in [0, 0.05) is 25.9 Å². The van der Waals surface area contributed by atoms with Gasteiger partial charge in [0.1, 0.15) is 11.9 Å². The number of aromatic nitrogens is 2. The molecule has 0 saturated carbocycles. The number of nitrogens with zero attached hydrogens (tertiary/aromatic N) is 3. The van der Waals surface area contributed by atoms with Gasteiger partial charge in [-0.15, -0.1) is 0 Å². The fraction of sp³-hybridized carbons (Fsp3) is 0.353. The molecule has 126 valence electrons. The molecule has 1 amide bonds. The Labute approximate surface area is 140 Å². The van der Waals surface area contributed by atoms with Crippen molar-refractivity contribution in [3.05, 3.63) is 47.8 Å². The van der Waals surface area contributed by atoms with Crippen molar-refractivity contribution in [3.8, 4) is 5.88 Å². The van der Waals surface area contributed by atoms with Crippen LogP contribution < -0.4 is 10.1 Å². The van der Waals surface area contributed by atoms with Gasteiger partial charge in [-0.3, -0.25) is 4.79 Å². The first-order valence-electron chi connectivity index (χ1n) is 7.77. The molecule has 2 aromatic heterocycles. The van der Waals surface area contributed by atoms with Gasteiger partial charge in [0.15, 0.2) is 0 Å². The van der Waals surface area contributed by atoms with Crippen molar-refractivity contribution in [2.45, 2.75) is 6.10 Å². The summed E-state index contributed by atoms with van der Waals surface area (Å²) in [7, 11) is 3.36. The fourth-order valence-corrected chi connectivity index (χ4v) is 2.59. The van der Waals surface area contributed by atoms with E-state index in [1.165, 1.54) is 6.20 Å². The molecule has 0 aromatic carbocycles. The Morgan fingerprint density at radius 3 is 2.96 bits per heavy atom. The highest BCUT2D eigenvalue weighted by atomic mass is 16.5. The van der Waals surface area contributed by atoms with Crippen molar-refractivity contribution in [1.82, 2.24) is 14.9 Å². The van der Waals surface area contributed by atoms with Crippen LogP contribution in [0.2, 0.25) is 0 Å². The monoisotopic (exact) mass is 328 g/mol. The molecule has 1 unspecified atom stereocenters. The normalized spacial score (nSPS) is 17.4. The molecule has 1 aliphatic rings. The second kappa shape index (κ2) is 7.27. The van der Waals surface area contributed by atoms with Crippen LogP contribution >= 0.6 is 0 Å². The van der Waals surface area contributed by atoms with Gasteiger partial charge in [-0.05, 0) is 18.2 Å². The van der Waals surface area contributed by atoms with Crippen molar-refractivity contribution >= 4 is 11.7 Å². The van der Waals surface area contributed by atoms with Gasteiger partial charge in [-0.1, -0.05) is 6.07 Å². The molecule has 1 fully saturated rings. The summed E-state index contributed by atoms with van der Waals surface area (Å²) in [6, 6.07) is 9.12. The molecule has 2 aromatic rings. The lowest BCUT2D eigenvalue weighted by Crippen LogP contribution is -2.42. The third-order valence-electron chi connectivity index (χ3n) is 3.90. The van der Waals surface area contributed by atoms with Crippen molar-refractivity contribution in [2.24, 2.45) is 0 Å². The molecule has 3 heterocycles. The van der Waals surface area contributed by atoms with Gasteiger partial charge in [0.25, 0.3) is 5.91 Å². The van der Waals surface area contributed by atoms with Crippen LogP contribution in [0, 0.1) is 0 Å². The highest BCUT2D eigenvalue weighted by Crippen LogP contribution is 2.23. The molecule has 0 spiro atoms. The average molecular weight is 328 g/mol. The van der Waals surface area contributed by atoms with Crippen LogP contribution in [-0.4, -0.2) is 54.6 Å². The van der Waals surface area contributed by atoms with Crippen LogP contribution in [0.1, 0.15) is 22.2 Å². The molecule has 0 bridgehead atoms. The van der Waals surface area contributed by atoms with Crippen molar-refractivity contribution in [2.75, 3.05) is 39.2 Å². The topological polar surface area (TPSA) is 76.6 Å². The number of anilines is 1. The van der Waals surface area contributed by atoms with E-state index in [0.29, 0.717) is 31.1 Å². The van der Waals surface area contributed by atoms with Crippen LogP contribution in [-0.2, 0) is 4.74 Å². The quantitative estimate of drug-likeness (QED) is 0.921. The first kappa shape index (κ1) is 16.2. The van der Waals surface area contributed by atoms with Crippen molar-refractivity contribution in [1.29, 1.82) is 0 Å². The molecule has 1 aliphatic heterocycles. The van der Waals surface area contributed by atoms with Gasteiger partial charge in [0.2, 0.25) is 5.88 Å². The fourth-order valence-electron chi connectivity index (χ4n) is 2.59. The lowest BCUT2D eigenvalue weighted by atomic mass is 10.1. The molecule has 0 radical (unpaired) electrons. The summed E-state index contributed by atoms with van der Waals surface area (Å²) >= 11 is 0. The summed E-state index contributed by atoms with van der Waals surface area (Å²) in [5.41, 5.74) is 1.35. The molecule has 1 saturated heterocycles. The number of ether oxygens (including phenoxy) is 2. The maximum atomic E-state index is 12.7. The summed E-state index contributed by atoms with van der Waals surface area (Å²) in [5.74, 6) is 1.20.